The van der Waals surface area contributed by atoms with Gasteiger partial charge in [0.15, 0.2) is 0 Å². The van der Waals surface area contributed by atoms with Crippen molar-refractivity contribution in [2.24, 2.45) is 0 Å². The SMILES string of the molecule is Cc1c(Cl)cccc1C1(Nc2ccc3cccnc3c2)CCNCC1. The standard InChI is InChI=1S/C21H22ClN3/c1-15-18(5-2-6-19(15)22)21(9-12-23-13-10-21)25-17-8-7-16-4-3-11-24-20(16)14-17/h2-8,11,14,23,25H,9-10,12-13H2,1H3. The van der Waals surface area contributed by atoms with Crippen molar-refractivity contribution >= 4 is 28.2 Å². The highest BCUT2D eigenvalue weighted by Crippen LogP contribution is 2.38. The predicted molar refractivity (Wildman–Crippen MR) is 105 cm³/mol. The van der Waals surface area contributed by atoms with Gasteiger partial charge in [-0.15, -0.1) is 0 Å². The van der Waals surface area contributed by atoms with E-state index in [4.69, 9.17) is 11.6 Å². The summed E-state index contributed by atoms with van der Waals surface area (Å²) in [6.45, 7) is 4.10. The second-order valence-corrected chi connectivity index (χ2v) is 7.19. The Bertz CT molecular complexity index is 901. The van der Waals surface area contributed by atoms with Crippen molar-refractivity contribution in [2.75, 3.05) is 18.4 Å². The molecule has 3 nitrogen and oxygen atoms in total. The molecule has 1 aliphatic rings. The molecule has 0 bridgehead atoms. The third-order valence-corrected chi connectivity index (χ3v) is 5.64. The van der Waals surface area contributed by atoms with Crippen molar-refractivity contribution in [3.8, 4) is 0 Å². The molecule has 1 fully saturated rings. The van der Waals surface area contributed by atoms with E-state index in [0.29, 0.717) is 0 Å². The summed E-state index contributed by atoms with van der Waals surface area (Å²) in [4.78, 5) is 4.49. The highest BCUT2D eigenvalue weighted by molar-refractivity contribution is 6.31. The fourth-order valence-electron chi connectivity index (χ4n) is 3.86. The summed E-state index contributed by atoms with van der Waals surface area (Å²) in [5.41, 5.74) is 4.47. The minimum atomic E-state index is -0.108. The van der Waals surface area contributed by atoms with Crippen LogP contribution in [0.4, 0.5) is 5.69 Å². The van der Waals surface area contributed by atoms with E-state index in [9.17, 15) is 0 Å². The first-order valence-corrected chi connectivity index (χ1v) is 9.15. The number of hydrogen-bond donors (Lipinski definition) is 2. The van der Waals surface area contributed by atoms with E-state index in [1.165, 1.54) is 5.56 Å². The van der Waals surface area contributed by atoms with Crippen molar-refractivity contribution in [3.63, 3.8) is 0 Å². The van der Waals surface area contributed by atoms with E-state index in [2.05, 4.69) is 58.9 Å². The average Bonchev–Trinajstić information content (AvgIpc) is 2.64. The molecule has 0 aliphatic carbocycles. The molecule has 0 saturated carbocycles. The molecule has 0 amide bonds. The van der Waals surface area contributed by atoms with Gasteiger partial charge in [-0.2, -0.15) is 0 Å². The van der Waals surface area contributed by atoms with Crippen LogP contribution in [-0.2, 0) is 5.54 Å². The van der Waals surface area contributed by atoms with Crippen LogP contribution in [0, 0.1) is 6.92 Å². The number of pyridine rings is 1. The van der Waals surface area contributed by atoms with Gasteiger partial charge in [-0.05, 0) is 68.2 Å². The maximum Gasteiger partial charge on any atom is 0.0722 e. The molecule has 2 heterocycles. The summed E-state index contributed by atoms with van der Waals surface area (Å²) in [7, 11) is 0. The first-order valence-electron chi connectivity index (χ1n) is 8.77. The molecule has 2 aromatic carbocycles. The van der Waals surface area contributed by atoms with E-state index < -0.39 is 0 Å². The second-order valence-electron chi connectivity index (χ2n) is 6.78. The molecule has 1 aliphatic heterocycles. The van der Waals surface area contributed by atoms with Crippen LogP contribution < -0.4 is 10.6 Å². The summed E-state index contributed by atoms with van der Waals surface area (Å²) in [6.07, 6.45) is 3.89. The fourth-order valence-corrected chi connectivity index (χ4v) is 4.04. The van der Waals surface area contributed by atoms with Gasteiger partial charge in [-0.25, -0.2) is 0 Å². The molecule has 4 heteroatoms. The minimum absolute atomic E-state index is 0.108. The summed E-state index contributed by atoms with van der Waals surface area (Å²) in [5, 5.41) is 9.30. The number of anilines is 1. The average molecular weight is 352 g/mol. The number of nitrogens with one attached hydrogen (secondary N) is 2. The van der Waals surface area contributed by atoms with E-state index in [0.717, 1.165) is 53.1 Å². The zero-order chi connectivity index (χ0) is 17.3. The summed E-state index contributed by atoms with van der Waals surface area (Å²) in [5.74, 6) is 0. The van der Waals surface area contributed by atoms with E-state index in [1.807, 2.05) is 18.3 Å². The molecule has 2 N–H and O–H groups in total. The summed E-state index contributed by atoms with van der Waals surface area (Å²) in [6, 6.07) is 16.7. The summed E-state index contributed by atoms with van der Waals surface area (Å²) < 4.78 is 0. The van der Waals surface area contributed by atoms with Gasteiger partial charge in [-0.1, -0.05) is 35.9 Å². The van der Waals surface area contributed by atoms with Gasteiger partial charge in [0, 0.05) is 22.3 Å². The Balaban J connectivity index is 1.77. The maximum absolute atomic E-state index is 6.42. The number of halogens is 1. The molecular formula is C21H22ClN3. The minimum Gasteiger partial charge on any atom is -0.375 e. The van der Waals surface area contributed by atoms with Gasteiger partial charge in [0.05, 0.1) is 11.1 Å². The van der Waals surface area contributed by atoms with Gasteiger partial charge < -0.3 is 10.6 Å². The Morgan fingerprint density at radius 1 is 1.08 bits per heavy atom. The van der Waals surface area contributed by atoms with Crippen LogP contribution in [-0.4, -0.2) is 18.1 Å². The third-order valence-electron chi connectivity index (χ3n) is 5.23. The molecule has 128 valence electrons. The van der Waals surface area contributed by atoms with Crippen molar-refractivity contribution in [1.29, 1.82) is 0 Å². The van der Waals surface area contributed by atoms with Gasteiger partial charge in [-0.3, -0.25) is 4.98 Å². The molecule has 3 aromatic rings. The molecule has 0 atom stereocenters. The first kappa shape index (κ1) is 16.4. The second kappa shape index (κ2) is 6.66. The number of hydrogen-bond acceptors (Lipinski definition) is 3. The lowest BCUT2D eigenvalue weighted by molar-refractivity contribution is 0.345. The smallest absolute Gasteiger partial charge is 0.0722 e. The van der Waals surface area contributed by atoms with E-state index in [-0.39, 0.29) is 5.54 Å². The first-order chi connectivity index (χ1) is 12.2. The largest absolute Gasteiger partial charge is 0.375 e. The van der Waals surface area contributed by atoms with Crippen LogP contribution in [0.3, 0.4) is 0 Å². The number of piperidine rings is 1. The quantitative estimate of drug-likeness (QED) is 0.705. The fraction of sp³-hybridized carbons (Fsp3) is 0.286. The van der Waals surface area contributed by atoms with E-state index >= 15 is 0 Å². The molecule has 1 aromatic heterocycles. The van der Waals surface area contributed by atoms with Crippen molar-refractivity contribution < 1.29 is 0 Å². The molecule has 0 unspecified atom stereocenters. The predicted octanol–water partition coefficient (Wildman–Crippen LogP) is 4.89. The Morgan fingerprint density at radius 2 is 1.92 bits per heavy atom. The number of fused-ring (bicyclic) bond motifs is 1. The van der Waals surface area contributed by atoms with Crippen LogP contribution in [0.25, 0.3) is 10.9 Å². The number of aromatic nitrogens is 1. The third kappa shape index (κ3) is 3.10. The van der Waals surface area contributed by atoms with Crippen LogP contribution in [0.5, 0.6) is 0 Å². The molecule has 25 heavy (non-hydrogen) atoms. The number of nitrogens with zero attached hydrogens (tertiary/aromatic N) is 1. The Kier molecular flexibility index (Phi) is 4.36. The Morgan fingerprint density at radius 3 is 2.76 bits per heavy atom. The lowest BCUT2D eigenvalue weighted by atomic mass is 9.79. The van der Waals surface area contributed by atoms with Gasteiger partial charge in [0.1, 0.15) is 0 Å². The summed E-state index contributed by atoms with van der Waals surface area (Å²) >= 11 is 6.42. The molecule has 1 saturated heterocycles. The van der Waals surface area contributed by atoms with Crippen molar-refractivity contribution in [1.82, 2.24) is 10.3 Å². The zero-order valence-electron chi connectivity index (χ0n) is 14.3. The van der Waals surface area contributed by atoms with E-state index in [1.54, 1.807) is 0 Å². The van der Waals surface area contributed by atoms with Crippen molar-refractivity contribution in [2.45, 2.75) is 25.3 Å². The molecule has 0 spiro atoms. The Hall–Kier alpha value is -2.10. The lowest BCUT2D eigenvalue weighted by Crippen LogP contribution is -2.45. The van der Waals surface area contributed by atoms with Crippen LogP contribution >= 0.6 is 11.6 Å². The van der Waals surface area contributed by atoms with Gasteiger partial charge >= 0.3 is 0 Å². The highest BCUT2D eigenvalue weighted by atomic mass is 35.5. The maximum atomic E-state index is 6.42. The molecular weight excluding hydrogens is 330 g/mol. The van der Waals surface area contributed by atoms with Gasteiger partial charge in [0.2, 0.25) is 0 Å². The topological polar surface area (TPSA) is 37.0 Å². The highest BCUT2D eigenvalue weighted by Gasteiger charge is 2.35. The van der Waals surface area contributed by atoms with Crippen LogP contribution in [0.2, 0.25) is 5.02 Å². The molecule has 4 rings (SSSR count). The van der Waals surface area contributed by atoms with Crippen LogP contribution in [0.15, 0.2) is 54.7 Å². The monoisotopic (exact) mass is 351 g/mol. The zero-order valence-corrected chi connectivity index (χ0v) is 15.1. The van der Waals surface area contributed by atoms with Gasteiger partial charge in [0.25, 0.3) is 0 Å². The Labute approximate surface area is 153 Å². The van der Waals surface area contributed by atoms with Crippen molar-refractivity contribution in [3.05, 3.63) is 70.9 Å². The number of rotatable bonds is 3. The number of benzene rings is 2. The molecule has 0 radical (unpaired) electrons. The lowest BCUT2D eigenvalue weighted by Gasteiger charge is -2.41. The van der Waals surface area contributed by atoms with Crippen LogP contribution in [0.1, 0.15) is 24.0 Å². The normalized spacial score (nSPS) is 16.7.